The van der Waals surface area contributed by atoms with Crippen molar-refractivity contribution in [1.82, 2.24) is 19.7 Å². The Morgan fingerprint density at radius 1 is 1.11 bits per heavy atom. The lowest BCUT2D eigenvalue weighted by molar-refractivity contribution is 0.0138. The van der Waals surface area contributed by atoms with Gasteiger partial charge in [-0.15, -0.1) is 5.10 Å². The zero-order valence-electron chi connectivity index (χ0n) is 11.2. The third-order valence-corrected chi connectivity index (χ3v) is 2.44. The molecule has 1 heterocycles. The van der Waals surface area contributed by atoms with E-state index in [9.17, 15) is 0 Å². The monoisotopic (exact) mass is 290 g/mol. The van der Waals surface area contributed by atoms with Gasteiger partial charge in [-0.3, -0.25) is 4.72 Å². The molecule has 19 heavy (non-hydrogen) atoms. The van der Waals surface area contributed by atoms with Crippen molar-refractivity contribution in [2.45, 2.75) is 13.5 Å². The van der Waals surface area contributed by atoms with Crippen molar-refractivity contribution in [3.05, 3.63) is 11.9 Å². The highest BCUT2D eigenvalue weighted by molar-refractivity contribution is 7.78. The quantitative estimate of drug-likeness (QED) is 0.419. The number of aromatic nitrogens is 3. The summed E-state index contributed by atoms with van der Waals surface area (Å²) in [7, 11) is 0. The zero-order chi connectivity index (χ0) is 13.8. The first kappa shape index (κ1) is 16.4. The smallest absolute Gasteiger partial charge is 0.0796 e. The van der Waals surface area contributed by atoms with Gasteiger partial charge in [0, 0.05) is 12.7 Å². The fourth-order valence-electron chi connectivity index (χ4n) is 1.32. The largest absolute Gasteiger partial charge is 0.378 e. The highest BCUT2D eigenvalue weighted by Crippen LogP contribution is 1.89. The van der Waals surface area contributed by atoms with Crippen LogP contribution in [0, 0.1) is 6.92 Å². The predicted molar refractivity (Wildman–Crippen MR) is 74.2 cm³/mol. The molecule has 8 heteroatoms. The van der Waals surface area contributed by atoms with E-state index in [1.165, 1.54) is 0 Å². The number of nitrogens with one attached hydrogen (secondary N) is 1. The van der Waals surface area contributed by atoms with Gasteiger partial charge < -0.3 is 14.2 Å². The molecule has 0 radical (unpaired) electrons. The maximum Gasteiger partial charge on any atom is 0.0796 e. The number of aryl methyl sites for hydroxylation is 1. The van der Waals surface area contributed by atoms with Gasteiger partial charge in [-0.25, -0.2) is 4.68 Å². The average Bonchev–Trinajstić information content (AvgIpc) is 2.82. The molecule has 0 spiro atoms. The molecule has 0 aliphatic heterocycles. The van der Waals surface area contributed by atoms with Crippen molar-refractivity contribution in [2.24, 2.45) is 0 Å². The van der Waals surface area contributed by atoms with Gasteiger partial charge in [0.1, 0.15) is 0 Å². The van der Waals surface area contributed by atoms with E-state index in [0.717, 1.165) is 12.2 Å². The van der Waals surface area contributed by atoms with E-state index in [2.05, 4.69) is 27.8 Å². The SMILES string of the molecule is Cc1cn(CCOCCOCCOCCNS)nn1. The van der Waals surface area contributed by atoms with Crippen molar-refractivity contribution in [3.8, 4) is 0 Å². The molecule has 0 amide bonds. The van der Waals surface area contributed by atoms with Crippen LogP contribution in [0.5, 0.6) is 0 Å². The predicted octanol–water partition coefficient (Wildman–Crippen LogP) is 0.0707. The Bertz CT molecular complexity index is 325. The first-order chi connectivity index (χ1) is 9.33. The van der Waals surface area contributed by atoms with Crippen LogP contribution in [-0.4, -0.2) is 61.2 Å². The van der Waals surface area contributed by atoms with Crippen LogP contribution >= 0.6 is 12.8 Å². The maximum atomic E-state index is 5.42. The normalized spacial score (nSPS) is 11.1. The molecule has 0 aliphatic carbocycles. The van der Waals surface area contributed by atoms with E-state index >= 15 is 0 Å². The Hall–Kier alpha value is -0.670. The second-order valence-corrected chi connectivity index (χ2v) is 4.18. The van der Waals surface area contributed by atoms with E-state index in [1.807, 2.05) is 13.1 Å². The Kier molecular flexibility index (Phi) is 9.64. The third-order valence-electron chi connectivity index (χ3n) is 2.22. The summed E-state index contributed by atoms with van der Waals surface area (Å²) in [6, 6.07) is 0. The molecule has 1 aromatic heterocycles. The van der Waals surface area contributed by atoms with E-state index in [-0.39, 0.29) is 0 Å². The minimum Gasteiger partial charge on any atom is -0.378 e. The lowest BCUT2D eigenvalue weighted by Gasteiger charge is -2.06. The Morgan fingerprint density at radius 3 is 2.32 bits per heavy atom. The molecule has 110 valence electrons. The molecule has 0 aliphatic rings. The highest BCUT2D eigenvalue weighted by Gasteiger charge is 1.95. The van der Waals surface area contributed by atoms with Crippen LogP contribution in [0.1, 0.15) is 5.69 Å². The topological polar surface area (TPSA) is 70.4 Å². The number of thiol groups is 1. The van der Waals surface area contributed by atoms with Gasteiger partial charge in [0.15, 0.2) is 0 Å². The first-order valence-corrected chi connectivity index (χ1v) is 6.74. The minimum atomic E-state index is 0.574. The van der Waals surface area contributed by atoms with E-state index in [0.29, 0.717) is 46.2 Å². The van der Waals surface area contributed by atoms with Gasteiger partial charge in [-0.1, -0.05) is 18.0 Å². The molecule has 0 unspecified atom stereocenters. The van der Waals surface area contributed by atoms with Crippen LogP contribution in [0.4, 0.5) is 0 Å². The average molecular weight is 290 g/mol. The molecular weight excluding hydrogens is 268 g/mol. The molecule has 0 bridgehead atoms. The van der Waals surface area contributed by atoms with Crippen LogP contribution in [0.15, 0.2) is 6.20 Å². The van der Waals surface area contributed by atoms with E-state index in [1.54, 1.807) is 4.68 Å². The van der Waals surface area contributed by atoms with Crippen molar-refractivity contribution in [3.63, 3.8) is 0 Å². The number of hydrogen-bond donors (Lipinski definition) is 2. The lowest BCUT2D eigenvalue weighted by atomic mass is 10.5. The summed E-state index contributed by atoms with van der Waals surface area (Å²) >= 11 is 3.85. The minimum absolute atomic E-state index is 0.574. The summed E-state index contributed by atoms with van der Waals surface area (Å²) in [5.74, 6) is 0. The van der Waals surface area contributed by atoms with Crippen molar-refractivity contribution < 1.29 is 14.2 Å². The summed E-state index contributed by atoms with van der Waals surface area (Å²) < 4.78 is 20.5. The van der Waals surface area contributed by atoms with Crippen LogP contribution in [-0.2, 0) is 20.8 Å². The second-order valence-electron chi connectivity index (χ2n) is 3.87. The summed E-state index contributed by atoms with van der Waals surface area (Å²) in [5, 5.41) is 7.82. The van der Waals surface area contributed by atoms with Gasteiger partial charge >= 0.3 is 0 Å². The van der Waals surface area contributed by atoms with Gasteiger partial charge in [-0.05, 0) is 6.92 Å². The fraction of sp³-hybridized carbons (Fsp3) is 0.818. The molecule has 1 aromatic rings. The lowest BCUT2D eigenvalue weighted by Crippen LogP contribution is -2.15. The molecule has 7 nitrogen and oxygen atoms in total. The Labute approximate surface area is 119 Å². The first-order valence-electron chi connectivity index (χ1n) is 6.30. The Balaban J connectivity index is 1.79. The van der Waals surface area contributed by atoms with Crippen LogP contribution in [0.2, 0.25) is 0 Å². The Morgan fingerprint density at radius 2 is 1.74 bits per heavy atom. The summed E-state index contributed by atoms with van der Waals surface area (Å²) in [6.07, 6.45) is 1.89. The molecule has 0 saturated heterocycles. The van der Waals surface area contributed by atoms with Gasteiger partial charge in [0.05, 0.1) is 51.9 Å². The number of ether oxygens (including phenoxy) is 3. The number of nitrogens with zero attached hydrogens (tertiary/aromatic N) is 3. The van der Waals surface area contributed by atoms with Crippen LogP contribution in [0.3, 0.4) is 0 Å². The fourth-order valence-corrected chi connectivity index (χ4v) is 1.41. The van der Waals surface area contributed by atoms with Crippen LogP contribution in [0.25, 0.3) is 0 Å². The number of hydrogen-bond acceptors (Lipinski definition) is 7. The van der Waals surface area contributed by atoms with Gasteiger partial charge in [0.2, 0.25) is 0 Å². The zero-order valence-corrected chi connectivity index (χ0v) is 12.1. The molecule has 1 N–H and O–H groups in total. The van der Waals surface area contributed by atoms with E-state index in [4.69, 9.17) is 14.2 Å². The van der Waals surface area contributed by atoms with Gasteiger partial charge in [0.25, 0.3) is 0 Å². The molecule has 1 rings (SSSR count). The highest BCUT2D eigenvalue weighted by atomic mass is 32.1. The third kappa shape index (κ3) is 8.95. The molecule has 0 fully saturated rings. The molecular formula is C11H22N4O3S. The molecule has 0 atom stereocenters. The van der Waals surface area contributed by atoms with Crippen molar-refractivity contribution in [2.75, 3.05) is 46.2 Å². The van der Waals surface area contributed by atoms with E-state index < -0.39 is 0 Å². The summed E-state index contributed by atoms with van der Waals surface area (Å²) in [6.45, 7) is 6.92. The maximum absolute atomic E-state index is 5.42. The van der Waals surface area contributed by atoms with Crippen molar-refractivity contribution >= 4 is 12.8 Å². The number of rotatable bonds is 12. The summed E-state index contributed by atoms with van der Waals surface area (Å²) in [5.41, 5.74) is 0.913. The van der Waals surface area contributed by atoms with Crippen LogP contribution < -0.4 is 4.72 Å². The van der Waals surface area contributed by atoms with Gasteiger partial charge in [-0.2, -0.15) is 0 Å². The molecule has 0 aromatic carbocycles. The summed E-state index contributed by atoms with van der Waals surface area (Å²) in [4.78, 5) is 0. The molecule has 0 saturated carbocycles. The standard InChI is InChI=1S/C11H22N4O3S/c1-11-10-15(14-13-11)3-5-17-7-9-18-8-6-16-4-2-12-19/h10,12,19H,2-9H2,1H3. The van der Waals surface area contributed by atoms with Crippen molar-refractivity contribution in [1.29, 1.82) is 0 Å². The second kappa shape index (κ2) is 11.2.